The molecule has 0 saturated carbocycles. The molecule has 0 bridgehead atoms. The highest BCUT2D eigenvalue weighted by Gasteiger charge is 2.12. The van der Waals surface area contributed by atoms with E-state index in [4.69, 9.17) is 4.74 Å². The third-order valence-electron chi connectivity index (χ3n) is 3.40. The lowest BCUT2D eigenvalue weighted by Crippen LogP contribution is -2.21. The highest BCUT2D eigenvalue weighted by Crippen LogP contribution is 2.11. The second-order valence-electron chi connectivity index (χ2n) is 5.24. The molecule has 2 N–H and O–H groups in total. The van der Waals surface area contributed by atoms with E-state index in [1.54, 1.807) is 31.2 Å². The van der Waals surface area contributed by atoms with Crippen molar-refractivity contribution in [2.45, 2.75) is 6.92 Å². The number of halogens is 1. The van der Waals surface area contributed by atoms with Crippen LogP contribution < -0.4 is 10.6 Å². The molecular formula is C18H17FN2O4. The molecule has 2 aromatic carbocycles. The fourth-order valence-electron chi connectivity index (χ4n) is 1.98. The predicted molar refractivity (Wildman–Crippen MR) is 89.9 cm³/mol. The Bertz CT molecular complexity index is 803. The standard InChI is InChI=1S/C18H17FN2O4/c1-11-3-4-13(9-15(11)19)18(24)25-10-16(22)21-14-7-5-12(6-8-14)17(23)20-2/h3-9H,10H2,1-2H3,(H,20,23)(H,21,22). The number of hydrogen-bond donors (Lipinski definition) is 2. The highest BCUT2D eigenvalue weighted by atomic mass is 19.1. The zero-order valence-corrected chi connectivity index (χ0v) is 13.8. The summed E-state index contributed by atoms with van der Waals surface area (Å²) in [6, 6.07) is 10.2. The van der Waals surface area contributed by atoms with Crippen molar-refractivity contribution in [1.82, 2.24) is 5.32 Å². The molecule has 0 aliphatic heterocycles. The van der Waals surface area contributed by atoms with Gasteiger partial charge >= 0.3 is 5.97 Å². The van der Waals surface area contributed by atoms with Gasteiger partial charge in [-0.15, -0.1) is 0 Å². The normalized spacial score (nSPS) is 10.0. The minimum atomic E-state index is -0.788. The van der Waals surface area contributed by atoms with Crippen LogP contribution in [0.4, 0.5) is 10.1 Å². The van der Waals surface area contributed by atoms with Crippen LogP contribution in [-0.4, -0.2) is 31.4 Å². The van der Waals surface area contributed by atoms with Crippen molar-refractivity contribution in [3.05, 3.63) is 65.0 Å². The average Bonchev–Trinajstić information content (AvgIpc) is 2.62. The van der Waals surface area contributed by atoms with E-state index in [9.17, 15) is 18.8 Å². The number of nitrogens with one attached hydrogen (secondary N) is 2. The van der Waals surface area contributed by atoms with Crippen LogP contribution in [0.25, 0.3) is 0 Å². The van der Waals surface area contributed by atoms with Gasteiger partial charge < -0.3 is 15.4 Å². The van der Waals surface area contributed by atoms with Gasteiger partial charge in [-0.3, -0.25) is 9.59 Å². The Morgan fingerprint density at radius 3 is 2.28 bits per heavy atom. The van der Waals surface area contributed by atoms with Crippen molar-refractivity contribution in [2.24, 2.45) is 0 Å². The minimum absolute atomic E-state index is 0.0332. The molecule has 0 aliphatic rings. The van der Waals surface area contributed by atoms with Gasteiger partial charge in [-0.05, 0) is 48.9 Å². The van der Waals surface area contributed by atoms with E-state index in [0.717, 1.165) is 6.07 Å². The van der Waals surface area contributed by atoms with Crippen LogP contribution in [0.3, 0.4) is 0 Å². The third-order valence-corrected chi connectivity index (χ3v) is 3.40. The number of hydrogen-bond acceptors (Lipinski definition) is 4. The summed E-state index contributed by atoms with van der Waals surface area (Å²) in [4.78, 5) is 35.0. The fourth-order valence-corrected chi connectivity index (χ4v) is 1.98. The lowest BCUT2D eigenvalue weighted by molar-refractivity contribution is -0.119. The van der Waals surface area contributed by atoms with Crippen molar-refractivity contribution in [2.75, 3.05) is 19.0 Å². The van der Waals surface area contributed by atoms with Gasteiger partial charge in [0.15, 0.2) is 6.61 Å². The van der Waals surface area contributed by atoms with Gasteiger partial charge in [-0.25, -0.2) is 9.18 Å². The van der Waals surface area contributed by atoms with E-state index in [1.807, 2.05) is 0 Å². The van der Waals surface area contributed by atoms with Crippen molar-refractivity contribution in [3.63, 3.8) is 0 Å². The van der Waals surface area contributed by atoms with Gasteiger partial charge in [0.2, 0.25) is 0 Å². The first-order chi connectivity index (χ1) is 11.9. The number of aryl methyl sites for hydroxylation is 1. The fraction of sp³-hybridized carbons (Fsp3) is 0.167. The summed E-state index contributed by atoms with van der Waals surface area (Å²) in [7, 11) is 1.52. The van der Waals surface area contributed by atoms with Crippen molar-refractivity contribution < 1.29 is 23.5 Å². The van der Waals surface area contributed by atoms with Gasteiger partial charge in [0.05, 0.1) is 5.56 Å². The van der Waals surface area contributed by atoms with E-state index in [-0.39, 0.29) is 11.5 Å². The largest absolute Gasteiger partial charge is 0.452 e. The molecule has 25 heavy (non-hydrogen) atoms. The molecule has 130 valence electrons. The lowest BCUT2D eigenvalue weighted by Gasteiger charge is -2.08. The van der Waals surface area contributed by atoms with E-state index in [1.165, 1.54) is 19.2 Å². The molecule has 7 heteroatoms. The van der Waals surface area contributed by atoms with Crippen LogP contribution in [0.5, 0.6) is 0 Å². The number of rotatable bonds is 5. The van der Waals surface area contributed by atoms with Crippen LogP contribution in [0, 0.1) is 12.7 Å². The van der Waals surface area contributed by atoms with Gasteiger partial charge in [0.25, 0.3) is 11.8 Å². The van der Waals surface area contributed by atoms with E-state index in [0.29, 0.717) is 16.8 Å². The summed E-state index contributed by atoms with van der Waals surface area (Å²) < 4.78 is 18.3. The van der Waals surface area contributed by atoms with Crippen molar-refractivity contribution >= 4 is 23.5 Å². The Labute approximate surface area is 144 Å². The van der Waals surface area contributed by atoms with Gasteiger partial charge in [0, 0.05) is 18.3 Å². The average molecular weight is 344 g/mol. The number of carbonyl (C=O) groups excluding carboxylic acids is 3. The van der Waals surface area contributed by atoms with Crippen LogP contribution >= 0.6 is 0 Å². The van der Waals surface area contributed by atoms with Crippen LogP contribution in [0.2, 0.25) is 0 Å². The summed E-state index contributed by atoms with van der Waals surface area (Å²) in [5.74, 6) is -2.09. The molecule has 2 amide bonds. The van der Waals surface area contributed by atoms with Gasteiger partial charge in [0.1, 0.15) is 5.82 Å². The molecule has 0 saturated heterocycles. The maximum Gasteiger partial charge on any atom is 0.338 e. The topological polar surface area (TPSA) is 84.5 Å². The van der Waals surface area contributed by atoms with Gasteiger partial charge in [-0.2, -0.15) is 0 Å². The molecule has 2 aromatic rings. The molecule has 0 atom stereocenters. The molecule has 0 heterocycles. The molecular weight excluding hydrogens is 327 g/mol. The maximum atomic E-state index is 13.4. The Kier molecular flexibility index (Phi) is 5.84. The summed E-state index contributed by atoms with van der Waals surface area (Å²) in [5, 5.41) is 5.02. The quantitative estimate of drug-likeness (QED) is 0.815. The molecule has 0 fully saturated rings. The second-order valence-corrected chi connectivity index (χ2v) is 5.24. The summed E-state index contributed by atoms with van der Waals surface area (Å²) in [6.07, 6.45) is 0. The molecule has 0 spiro atoms. The lowest BCUT2D eigenvalue weighted by atomic mass is 10.1. The van der Waals surface area contributed by atoms with Crippen LogP contribution in [0.15, 0.2) is 42.5 Å². The monoisotopic (exact) mass is 344 g/mol. The molecule has 2 rings (SSSR count). The van der Waals surface area contributed by atoms with Crippen molar-refractivity contribution in [1.29, 1.82) is 0 Å². The molecule has 6 nitrogen and oxygen atoms in total. The summed E-state index contributed by atoms with van der Waals surface area (Å²) in [5.41, 5.74) is 1.35. The van der Waals surface area contributed by atoms with E-state index in [2.05, 4.69) is 10.6 Å². The first-order valence-electron chi connectivity index (χ1n) is 7.46. The van der Waals surface area contributed by atoms with Crippen LogP contribution in [-0.2, 0) is 9.53 Å². The number of esters is 1. The Morgan fingerprint density at radius 1 is 1.04 bits per heavy atom. The molecule has 0 radical (unpaired) electrons. The molecule has 0 aliphatic carbocycles. The van der Waals surface area contributed by atoms with Gasteiger partial charge in [-0.1, -0.05) is 6.07 Å². The maximum absolute atomic E-state index is 13.4. The second kappa shape index (κ2) is 8.05. The first kappa shape index (κ1) is 18.1. The highest BCUT2D eigenvalue weighted by molar-refractivity contribution is 5.97. The van der Waals surface area contributed by atoms with Crippen molar-refractivity contribution in [3.8, 4) is 0 Å². The summed E-state index contributed by atoms with van der Waals surface area (Å²) >= 11 is 0. The summed E-state index contributed by atoms with van der Waals surface area (Å²) in [6.45, 7) is 1.07. The van der Waals surface area contributed by atoms with E-state index < -0.39 is 24.3 Å². The zero-order chi connectivity index (χ0) is 18.4. The first-order valence-corrected chi connectivity index (χ1v) is 7.46. The number of benzene rings is 2. The Balaban J connectivity index is 1.88. The number of carbonyl (C=O) groups is 3. The third kappa shape index (κ3) is 4.87. The van der Waals surface area contributed by atoms with E-state index >= 15 is 0 Å². The minimum Gasteiger partial charge on any atom is -0.452 e. The number of ether oxygens (including phenoxy) is 1. The van der Waals surface area contributed by atoms with Crippen LogP contribution in [0.1, 0.15) is 26.3 Å². The zero-order valence-electron chi connectivity index (χ0n) is 13.8. The SMILES string of the molecule is CNC(=O)c1ccc(NC(=O)COC(=O)c2ccc(C)c(F)c2)cc1. The number of anilines is 1. The number of amides is 2. The molecule has 0 aromatic heterocycles. The Hall–Kier alpha value is -3.22. The smallest absolute Gasteiger partial charge is 0.338 e. The molecule has 0 unspecified atom stereocenters. The Morgan fingerprint density at radius 2 is 1.68 bits per heavy atom. The predicted octanol–water partition coefficient (Wildman–Crippen LogP) is 2.29.